The van der Waals surface area contributed by atoms with Crippen LogP contribution >= 0.6 is 0 Å². The van der Waals surface area contributed by atoms with Gasteiger partial charge in [0.15, 0.2) is 0 Å². The van der Waals surface area contributed by atoms with Gasteiger partial charge >= 0.3 is 0 Å². The number of nitrogens with one attached hydrogen (secondary N) is 1. The molecule has 2 aliphatic rings. The van der Waals surface area contributed by atoms with E-state index >= 15 is 0 Å². The van der Waals surface area contributed by atoms with Crippen molar-refractivity contribution >= 4 is 17.3 Å². The molecule has 4 rings (SSSR count). The summed E-state index contributed by atoms with van der Waals surface area (Å²) in [5, 5.41) is 11.2. The third-order valence-corrected chi connectivity index (χ3v) is 4.53. The summed E-state index contributed by atoms with van der Waals surface area (Å²) in [6.07, 6.45) is 2.35. The lowest BCUT2D eigenvalue weighted by atomic mass is 10.0. The van der Waals surface area contributed by atoms with E-state index in [1.807, 2.05) is 13.0 Å². The van der Waals surface area contributed by atoms with Crippen molar-refractivity contribution in [3.63, 3.8) is 0 Å². The van der Waals surface area contributed by atoms with E-state index in [0.717, 1.165) is 6.42 Å². The van der Waals surface area contributed by atoms with Crippen LogP contribution in [0, 0.1) is 6.92 Å². The summed E-state index contributed by atoms with van der Waals surface area (Å²) < 4.78 is 7.19. The summed E-state index contributed by atoms with van der Waals surface area (Å²) in [5.41, 5.74) is 1.48. The second kappa shape index (κ2) is 5.02. The Balaban J connectivity index is 1.60. The number of carbonyl (C=O) groups is 2. The number of aryl methyl sites for hydroxylation is 1. The van der Waals surface area contributed by atoms with Crippen LogP contribution in [0.2, 0.25) is 0 Å². The van der Waals surface area contributed by atoms with Gasteiger partial charge in [0, 0.05) is 19.3 Å². The first kappa shape index (κ1) is 14.1. The van der Waals surface area contributed by atoms with Crippen LogP contribution in [0.1, 0.15) is 22.5 Å². The molecule has 0 bridgehead atoms. The van der Waals surface area contributed by atoms with E-state index in [9.17, 15) is 9.59 Å². The summed E-state index contributed by atoms with van der Waals surface area (Å²) in [7, 11) is 0. The number of aromatic nitrogens is 3. The van der Waals surface area contributed by atoms with Gasteiger partial charge in [-0.25, -0.2) is 0 Å². The number of ether oxygens (including phenoxy) is 1. The molecule has 0 aliphatic carbocycles. The second-order valence-corrected chi connectivity index (χ2v) is 6.08. The molecular formula is C15H17N5O3. The fourth-order valence-corrected chi connectivity index (χ4v) is 3.29. The number of amides is 2. The Morgan fingerprint density at radius 1 is 1.48 bits per heavy atom. The van der Waals surface area contributed by atoms with Crippen molar-refractivity contribution in [2.75, 3.05) is 26.2 Å². The van der Waals surface area contributed by atoms with E-state index in [2.05, 4.69) is 15.5 Å². The van der Waals surface area contributed by atoms with Crippen molar-refractivity contribution < 1.29 is 14.3 Å². The monoisotopic (exact) mass is 315 g/mol. The molecule has 2 fully saturated rings. The third kappa shape index (κ3) is 2.26. The van der Waals surface area contributed by atoms with Crippen molar-refractivity contribution in [3.05, 3.63) is 29.6 Å². The summed E-state index contributed by atoms with van der Waals surface area (Å²) in [5.74, 6) is -0.173. The minimum Gasteiger partial charge on any atom is -0.361 e. The molecule has 1 atom stereocenters. The molecule has 2 amide bonds. The van der Waals surface area contributed by atoms with Crippen LogP contribution < -0.4 is 5.32 Å². The van der Waals surface area contributed by atoms with Crippen LogP contribution in [0.5, 0.6) is 0 Å². The topological polar surface area (TPSA) is 88.8 Å². The first-order valence-electron chi connectivity index (χ1n) is 7.59. The predicted molar refractivity (Wildman–Crippen MR) is 79.9 cm³/mol. The molecule has 0 radical (unpaired) electrons. The Labute approximate surface area is 132 Å². The van der Waals surface area contributed by atoms with Crippen molar-refractivity contribution in [1.82, 2.24) is 25.0 Å². The Morgan fingerprint density at radius 2 is 2.35 bits per heavy atom. The van der Waals surface area contributed by atoms with E-state index in [0.29, 0.717) is 36.4 Å². The van der Waals surface area contributed by atoms with Crippen LogP contribution in [0.4, 0.5) is 0 Å². The van der Waals surface area contributed by atoms with Gasteiger partial charge in [0.1, 0.15) is 17.7 Å². The van der Waals surface area contributed by atoms with Crippen LogP contribution in [-0.2, 0) is 9.53 Å². The molecule has 120 valence electrons. The van der Waals surface area contributed by atoms with Gasteiger partial charge in [-0.1, -0.05) is 0 Å². The van der Waals surface area contributed by atoms with E-state index in [4.69, 9.17) is 4.74 Å². The van der Waals surface area contributed by atoms with Gasteiger partial charge in [-0.15, -0.1) is 0 Å². The van der Waals surface area contributed by atoms with E-state index in [-0.39, 0.29) is 18.4 Å². The van der Waals surface area contributed by atoms with Gasteiger partial charge in [-0.05, 0) is 25.5 Å². The Hall–Kier alpha value is -2.48. The first-order chi connectivity index (χ1) is 11.1. The number of carbonyl (C=O) groups excluding carboxylic acids is 2. The largest absolute Gasteiger partial charge is 0.361 e. The van der Waals surface area contributed by atoms with Gasteiger partial charge in [0.05, 0.1) is 17.8 Å². The average molecular weight is 315 g/mol. The van der Waals surface area contributed by atoms with Crippen LogP contribution in [0.15, 0.2) is 18.3 Å². The van der Waals surface area contributed by atoms with Crippen molar-refractivity contribution in [2.24, 2.45) is 0 Å². The lowest BCUT2D eigenvalue weighted by Crippen LogP contribution is -2.54. The highest BCUT2D eigenvalue weighted by molar-refractivity contribution is 6.02. The third-order valence-electron chi connectivity index (χ3n) is 4.53. The highest BCUT2D eigenvalue weighted by atomic mass is 16.5. The molecule has 23 heavy (non-hydrogen) atoms. The summed E-state index contributed by atoms with van der Waals surface area (Å²) in [6, 6.07) is 3.63. The smallest absolute Gasteiger partial charge is 0.258 e. The Bertz CT molecular complexity index is 790. The fraction of sp³-hybridized carbons (Fsp3) is 0.467. The number of morpholine rings is 1. The van der Waals surface area contributed by atoms with E-state index in [1.54, 1.807) is 17.2 Å². The lowest BCUT2D eigenvalue weighted by molar-refractivity contribution is -0.141. The van der Waals surface area contributed by atoms with Gasteiger partial charge < -0.3 is 15.0 Å². The standard InChI is InChI=1S/C15H17N5O3/c1-10-13(11-3-2-5-17-20(11)18-10)14(22)19-6-4-15(9-19)8-16-12(21)7-23-15/h2-3,5H,4,6-9H2,1H3,(H,16,21). The number of hydrogen-bond donors (Lipinski definition) is 1. The first-order valence-corrected chi connectivity index (χ1v) is 7.59. The zero-order valence-corrected chi connectivity index (χ0v) is 12.8. The van der Waals surface area contributed by atoms with Crippen LogP contribution in [-0.4, -0.2) is 63.4 Å². The molecule has 8 nitrogen and oxygen atoms in total. The van der Waals surface area contributed by atoms with Crippen molar-refractivity contribution in [1.29, 1.82) is 0 Å². The molecule has 2 aromatic rings. The molecule has 1 unspecified atom stereocenters. The molecule has 8 heteroatoms. The summed E-state index contributed by atoms with van der Waals surface area (Å²) >= 11 is 0. The van der Waals surface area contributed by atoms with E-state index in [1.165, 1.54) is 4.63 Å². The lowest BCUT2D eigenvalue weighted by Gasteiger charge is -2.33. The number of fused-ring (bicyclic) bond motifs is 1. The molecule has 1 N–H and O–H groups in total. The second-order valence-electron chi connectivity index (χ2n) is 6.08. The Kier molecular flexibility index (Phi) is 3.08. The highest BCUT2D eigenvalue weighted by Gasteiger charge is 2.44. The molecule has 2 saturated heterocycles. The molecule has 1 spiro atoms. The minimum atomic E-state index is -0.460. The molecule has 2 aliphatic heterocycles. The number of nitrogens with zero attached hydrogens (tertiary/aromatic N) is 4. The normalized spacial score (nSPS) is 24.4. The maximum absolute atomic E-state index is 12.9. The van der Waals surface area contributed by atoms with Gasteiger partial charge in [0.2, 0.25) is 5.91 Å². The molecule has 0 saturated carbocycles. The van der Waals surface area contributed by atoms with Crippen molar-refractivity contribution in [2.45, 2.75) is 18.9 Å². The van der Waals surface area contributed by atoms with Crippen LogP contribution in [0.25, 0.3) is 5.52 Å². The van der Waals surface area contributed by atoms with E-state index < -0.39 is 5.60 Å². The predicted octanol–water partition coefficient (Wildman–Crippen LogP) is -0.231. The maximum atomic E-state index is 12.9. The molecule has 0 aromatic carbocycles. The number of likely N-dealkylation sites (tertiary alicyclic amines) is 1. The zero-order valence-electron chi connectivity index (χ0n) is 12.8. The quantitative estimate of drug-likeness (QED) is 0.785. The maximum Gasteiger partial charge on any atom is 0.258 e. The average Bonchev–Trinajstić information content (AvgIpc) is 3.11. The SMILES string of the molecule is Cc1nn2ncccc2c1C(=O)N1CCC2(CNC(=O)CO2)C1. The zero-order chi connectivity index (χ0) is 16.0. The van der Waals surface area contributed by atoms with Crippen LogP contribution in [0.3, 0.4) is 0 Å². The Morgan fingerprint density at radius 3 is 3.13 bits per heavy atom. The summed E-state index contributed by atoms with van der Waals surface area (Å²) in [4.78, 5) is 26.0. The van der Waals surface area contributed by atoms with Gasteiger partial charge in [-0.2, -0.15) is 14.8 Å². The fourth-order valence-electron chi connectivity index (χ4n) is 3.29. The minimum absolute atomic E-state index is 0.0572. The molecular weight excluding hydrogens is 298 g/mol. The van der Waals surface area contributed by atoms with Gasteiger partial charge in [-0.3, -0.25) is 9.59 Å². The molecule has 2 aromatic heterocycles. The number of hydrogen-bond acceptors (Lipinski definition) is 5. The van der Waals surface area contributed by atoms with Gasteiger partial charge in [0.25, 0.3) is 5.91 Å². The van der Waals surface area contributed by atoms with Crippen molar-refractivity contribution in [3.8, 4) is 0 Å². The number of rotatable bonds is 1. The molecule has 4 heterocycles. The highest BCUT2D eigenvalue weighted by Crippen LogP contribution is 2.29. The summed E-state index contributed by atoms with van der Waals surface area (Å²) in [6.45, 7) is 3.40.